The Morgan fingerprint density at radius 1 is 1.31 bits per heavy atom. The Bertz CT molecular complexity index is 332. The van der Waals surface area contributed by atoms with Crippen LogP contribution in [0.15, 0.2) is 24.3 Å². The van der Waals surface area contributed by atoms with Crippen LogP contribution >= 0.6 is 0 Å². The molecule has 0 aliphatic heterocycles. The number of Topliss-reactive ketones (excluding diaryl/α,β-unsaturated/α-hetero) is 1. The van der Waals surface area contributed by atoms with Gasteiger partial charge in [0.2, 0.25) is 0 Å². The number of benzene rings is 1. The fraction of sp³-hybridized carbons (Fsp3) is 0.462. The second-order valence-corrected chi connectivity index (χ2v) is 3.60. The lowest BCUT2D eigenvalue weighted by Gasteiger charge is -2.15. The summed E-state index contributed by atoms with van der Waals surface area (Å²) >= 11 is 0. The largest absolute Gasteiger partial charge is 0.366 e. The molecule has 0 heterocycles. The molecule has 0 saturated heterocycles. The summed E-state index contributed by atoms with van der Waals surface area (Å²) in [7, 11) is 0. The molecule has 1 rings (SSSR count). The number of hydrogen-bond acceptors (Lipinski definition) is 2. The van der Waals surface area contributed by atoms with Crippen LogP contribution in [-0.2, 0) is 9.53 Å². The molecule has 0 aliphatic rings. The topological polar surface area (TPSA) is 26.3 Å². The molecule has 3 heteroatoms. The van der Waals surface area contributed by atoms with E-state index in [0.29, 0.717) is 13.0 Å². The Labute approximate surface area is 95.4 Å². The lowest BCUT2D eigenvalue weighted by atomic mass is 10.0. The molecule has 0 spiro atoms. The van der Waals surface area contributed by atoms with Crippen LogP contribution in [0.1, 0.15) is 38.4 Å². The molecule has 1 aromatic carbocycles. The highest BCUT2D eigenvalue weighted by Crippen LogP contribution is 2.20. The van der Waals surface area contributed by atoms with E-state index in [1.807, 2.05) is 13.8 Å². The van der Waals surface area contributed by atoms with Crippen LogP contribution < -0.4 is 0 Å². The van der Waals surface area contributed by atoms with Crippen molar-refractivity contribution in [1.29, 1.82) is 0 Å². The van der Waals surface area contributed by atoms with Crippen molar-refractivity contribution < 1.29 is 13.9 Å². The fourth-order valence-electron chi connectivity index (χ4n) is 1.56. The Morgan fingerprint density at radius 2 is 1.94 bits per heavy atom. The van der Waals surface area contributed by atoms with Crippen molar-refractivity contribution in [3.05, 3.63) is 35.6 Å². The van der Waals surface area contributed by atoms with Gasteiger partial charge in [0.1, 0.15) is 11.9 Å². The smallest absolute Gasteiger partial charge is 0.166 e. The van der Waals surface area contributed by atoms with Gasteiger partial charge in [-0.15, -0.1) is 0 Å². The van der Waals surface area contributed by atoms with Crippen LogP contribution in [0.3, 0.4) is 0 Å². The minimum atomic E-state index is -0.550. The van der Waals surface area contributed by atoms with Crippen molar-refractivity contribution in [2.75, 3.05) is 6.61 Å². The van der Waals surface area contributed by atoms with E-state index in [2.05, 4.69) is 0 Å². The highest BCUT2D eigenvalue weighted by atomic mass is 19.1. The molecule has 0 aliphatic carbocycles. The summed E-state index contributed by atoms with van der Waals surface area (Å²) in [6.07, 6.45) is 0.733. The van der Waals surface area contributed by atoms with Crippen LogP contribution in [0.5, 0.6) is 0 Å². The molecule has 16 heavy (non-hydrogen) atoms. The number of hydrogen-bond donors (Lipinski definition) is 0. The molecule has 2 nitrogen and oxygen atoms in total. The van der Waals surface area contributed by atoms with E-state index in [0.717, 1.165) is 12.0 Å². The zero-order valence-electron chi connectivity index (χ0n) is 9.70. The predicted molar refractivity (Wildman–Crippen MR) is 60.7 cm³/mol. The van der Waals surface area contributed by atoms with Crippen molar-refractivity contribution in [2.24, 2.45) is 0 Å². The van der Waals surface area contributed by atoms with E-state index in [4.69, 9.17) is 4.74 Å². The van der Waals surface area contributed by atoms with Gasteiger partial charge < -0.3 is 4.74 Å². The zero-order chi connectivity index (χ0) is 12.0. The number of halogens is 1. The monoisotopic (exact) mass is 224 g/mol. The van der Waals surface area contributed by atoms with Gasteiger partial charge >= 0.3 is 0 Å². The first-order valence-electron chi connectivity index (χ1n) is 5.58. The second kappa shape index (κ2) is 6.38. The van der Waals surface area contributed by atoms with Crippen molar-refractivity contribution >= 4 is 5.78 Å². The van der Waals surface area contributed by atoms with Crippen molar-refractivity contribution in [1.82, 2.24) is 0 Å². The summed E-state index contributed by atoms with van der Waals surface area (Å²) in [5.74, 6) is -0.252. The number of carbonyl (C=O) groups is 1. The first kappa shape index (κ1) is 12.8. The molecule has 1 aromatic rings. The third kappa shape index (κ3) is 3.42. The molecule has 0 N–H and O–H groups in total. The number of ether oxygens (including phenoxy) is 1. The minimum absolute atomic E-state index is 0.0518. The Kier molecular flexibility index (Phi) is 5.12. The highest BCUT2D eigenvalue weighted by molar-refractivity contribution is 5.84. The molecule has 1 unspecified atom stereocenters. The fourth-order valence-corrected chi connectivity index (χ4v) is 1.56. The maximum Gasteiger partial charge on any atom is 0.166 e. The number of carbonyl (C=O) groups excluding carboxylic acids is 1. The lowest BCUT2D eigenvalue weighted by molar-refractivity contribution is -0.130. The predicted octanol–water partition coefficient (Wildman–Crippen LogP) is 3.27. The normalized spacial score (nSPS) is 12.4. The van der Waals surface area contributed by atoms with E-state index >= 15 is 0 Å². The Balaban J connectivity index is 2.84. The van der Waals surface area contributed by atoms with Crippen LogP contribution in [0.25, 0.3) is 0 Å². The molecular formula is C13H17FO2. The molecule has 88 valence electrons. The number of ketones is 1. The Morgan fingerprint density at radius 3 is 2.44 bits per heavy atom. The van der Waals surface area contributed by atoms with Gasteiger partial charge in [0.25, 0.3) is 0 Å². The highest BCUT2D eigenvalue weighted by Gasteiger charge is 2.19. The van der Waals surface area contributed by atoms with Crippen LogP contribution in [0, 0.1) is 5.82 Å². The quantitative estimate of drug-likeness (QED) is 0.741. The number of rotatable bonds is 6. The second-order valence-electron chi connectivity index (χ2n) is 3.60. The van der Waals surface area contributed by atoms with Crippen molar-refractivity contribution in [2.45, 2.75) is 32.8 Å². The van der Waals surface area contributed by atoms with E-state index < -0.39 is 6.10 Å². The third-order valence-corrected chi connectivity index (χ3v) is 2.29. The van der Waals surface area contributed by atoms with Gasteiger partial charge in [-0.25, -0.2) is 4.39 Å². The van der Waals surface area contributed by atoms with Gasteiger partial charge in [0.15, 0.2) is 5.78 Å². The zero-order valence-corrected chi connectivity index (χ0v) is 9.70. The van der Waals surface area contributed by atoms with Gasteiger partial charge in [0, 0.05) is 13.0 Å². The molecule has 0 aromatic heterocycles. The SMILES string of the molecule is CCCC(=O)C(OCC)c1ccc(F)cc1. The standard InChI is InChI=1S/C13H17FO2/c1-3-5-12(15)13(16-4-2)10-6-8-11(14)9-7-10/h6-9,13H,3-5H2,1-2H3. The first-order valence-corrected chi connectivity index (χ1v) is 5.58. The molecular weight excluding hydrogens is 207 g/mol. The van der Waals surface area contributed by atoms with E-state index in [1.54, 1.807) is 12.1 Å². The average molecular weight is 224 g/mol. The van der Waals surface area contributed by atoms with Gasteiger partial charge in [-0.2, -0.15) is 0 Å². The summed E-state index contributed by atoms with van der Waals surface area (Å²) in [4.78, 5) is 11.8. The molecule has 1 atom stereocenters. The average Bonchev–Trinajstić information content (AvgIpc) is 2.28. The van der Waals surface area contributed by atoms with Crippen LogP contribution in [0.2, 0.25) is 0 Å². The van der Waals surface area contributed by atoms with Crippen LogP contribution in [-0.4, -0.2) is 12.4 Å². The van der Waals surface area contributed by atoms with E-state index in [9.17, 15) is 9.18 Å². The first-order chi connectivity index (χ1) is 7.69. The van der Waals surface area contributed by atoms with E-state index in [1.165, 1.54) is 12.1 Å². The summed E-state index contributed by atoms with van der Waals surface area (Å²) in [5, 5.41) is 0. The molecule has 0 amide bonds. The van der Waals surface area contributed by atoms with Gasteiger partial charge in [-0.05, 0) is 31.0 Å². The van der Waals surface area contributed by atoms with Gasteiger partial charge in [0.05, 0.1) is 0 Å². The van der Waals surface area contributed by atoms with E-state index in [-0.39, 0.29) is 11.6 Å². The Hall–Kier alpha value is -1.22. The summed E-state index contributed by atoms with van der Waals surface area (Å²) in [6.45, 7) is 4.26. The van der Waals surface area contributed by atoms with Crippen molar-refractivity contribution in [3.63, 3.8) is 0 Å². The summed E-state index contributed by atoms with van der Waals surface area (Å²) in [5.41, 5.74) is 0.724. The molecule has 0 radical (unpaired) electrons. The third-order valence-electron chi connectivity index (χ3n) is 2.29. The summed E-state index contributed by atoms with van der Waals surface area (Å²) in [6, 6.07) is 5.90. The van der Waals surface area contributed by atoms with Gasteiger partial charge in [-0.3, -0.25) is 4.79 Å². The van der Waals surface area contributed by atoms with Crippen molar-refractivity contribution in [3.8, 4) is 0 Å². The minimum Gasteiger partial charge on any atom is -0.366 e. The van der Waals surface area contributed by atoms with Crippen LogP contribution in [0.4, 0.5) is 4.39 Å². The molecule has 0 bridgehead atoms. The maximum absolute atomic E-state index is 12.8. The lowest BCUT2D eigenvalue weighted by Crippen LogP contribution is -2.15. The summed E-state index contributed by atoms with van der Waals surface area (Å²) < 4.78 is 18.2. The molecule has 0 fully saturated rings. The molecule has 0 saturated carbocycles. The maximum atomic E-state index is 12.8. The van der Waals surface area contributed by atoms with Gasteiger partial charge in [-0.1, -0.05) is 19.1 Å².